The molecule has 1 aromatic rings. The molecule has 0 atom stereocenters. The van der Waals surface area contributed by atoms with E-state index in [-0.39, 0.29) is 16.0 Å². The molecule has 1 rings (SSSR count). The second kappa shape index (κ2) is 3.49. The zero-order valence-electron chi connectivity index (χ0n) is 6.89. The minimum Gasteiger partial charge on any atom is -0.221 e. The van der Waals surface area contributed by atoms with Gasteiger partial charge in [-0.25, -0.2) is 8.42 Å². The third-order valence-electron chi connectivity index (χ3n) is 1.16. The second-order valence-corrected chi connectivity index (χ2v) is 5.92. The Morgan fingerprint density at radius 3 is 2.67 bits per heavy atom. The lowest BCUT2D eigenvalue weighted by Gasteiger charge is -2.01. The van der Waals surface area contributed by atoms with Crippen LogP contribution in [-0.4, -0.2) is 24.4 Å². The van der Waals surface area contributed by atoms with Crippen molar-refractivity contribution in [2.75, 3.05) is 5.75 Å². The van der Waals surface area contributed by atoms with Crippen molar-refractivity contribution in [1.29, 1.82) is 0 Å². The fourth-order valence-corrected chi connectivity index (χ4v) is 3.20. The lowest BCUT2D eigenvalue weighted by Crippen LogP contribution is -2.11. The van der Waals surface area contributed by atoms with Gasteiger partial charge in [0.05, 0.1) is 5.75 Å². The lowest BCUT2D eigenvalue weighted by molar-refractivity contribution is 0.580. The summed E-state index contributed by atoms with van der Waals surface area (Å²) in [7, 11) is -3.17. The third kappa shape index (κ3) is 2.25. The van der Waals surface area contributed by atoms with Gasteiger partial charge in [0, 0.05) is 0 Å². The SMILES string of the molecule is CC(C)CS(=O)(=O)c1nncs1. The van der Waals surface area contributed by atoms with Crippen molar-refractivity contribution in [3.05, 3.63) is 5.51 Å². The molecule has 0 bridgehead atoms. The predicted molar refractivity (Wildman–Crippen MR) is 46.8 cm³/mol. The summed E-state index contributed by atoms with van der Waals surface area (Å²) in [6.07, 6.45) is 0. The van der Waals surface area contributed by atoms with Crippen molar-refractivity contribution >= 4 is 21.2 Å². The highest BCUT2D eigenvalue weighted by Gasteiger charge is 2.19. The number of hydrogen-bond acceptors (Lipinski definition) is 5. The van der Waals surface area contributed by atoms with Crippen LogP contribution >= 0.6 is 11.3 Å². The molecular weight excluding hydrogens is 196 g/mol. The maximum absolute atomic E-state index is 11.4. The zero-order chi connectivity index (χ0) is 9.19. The summed E-state index contributed by atoms with van der Waals surface area (Å²) in [6, 6.07) is 0. The monoisotopic (exact) mass is 206 g/mol. The highest BCUT2D eigenvalue weighted by Crippen LogP contribution is 2.14. The van der Waals surface area contributed by atoms with Crippen LogP contribution in [0.2, 0.25) is 0 Å². The molecule has 1 aromatic heterocycles. The molecule has 0 aromatic carbocycles. The highest BCUT2D eigenvalue weighted by atomic mass is 32.2. The maximum Gasteiger partial charge on any atom is 0.232 e. The molecule has 68 valence electrons. The van der Waals surface area contributed by atoms with E-state index in [0.717, 1.165) is 11.3 Å². The van der Waals surface area contributed by atoms with Gasteiger partial charge in [-0.15, -0.1) is 10.2 Å². The number of nitrogens with zero attached hydrogens (tertiary/aromatic N) is 2. The number of aromatic nitrogens is 2. The van der Waals surface area contributed by atoms with E-state index < -0.39 is 9.84 Å². The van der Waals surface area contributed by atoms with Crippen LogP contribution in [0.15, 0.2) is 9.85 Å². The molecule has 4 nitrogen and oxygen atoms in total. The van der Waals surface area contributed by atoms with E-state index in [4.69, 9.17) is 0 Å². The first kappa shape index (κ1) is 9.60. The minimum atomic E-state index is -3.17. The molecule has 0 radical (unpaired) electrons. The van der Waals surface area contributed by atoms with E-state index in [0.29, 0.717) is 0 Å². The first-order valence-electron chi connectivity index (χ1n) is 3.51. The number of hydrogen-bond donors (Lipinski definition) is 0. The first-order chi connectivity index (χ1) is 5.52. The second-order valence-electron chi connectivity index (χ2n) is 2.88. The van der Waals surface area contributed by atoms with Gasteiger partial charge in [-0.3, -0.25) is 0 Å². The Labute approximate surface area is 75.6 Å². The molecule has 0 aliphatic rings. The van der Waals surface area contributed by atoms with Crippen LogP contribution < -0.4 is 0 Å². The molecule has 0 N–H and O–H groups in total. The Bertz CT molecular complexity index is 328. The lowest BCUT2D eigenvalue weighted by atomic mass is 10.3. The van der Waals surface area contributed by atoms with Crippen LogP contribution in [-0.2, 0) is 9.84 Å². The largest absolute Gasteiger partial charge is 0.232 e. The van der Waals surface area contributed by atoms with Crippen LogP contribution in [0.3, 0.4) is 0 Å². The van der Waals surface area contributed by atoms with E-state index in [2.05, 4.69) is 10.2 Å². The topological polar surface area (TPSA) is 59.9 Å². The van der Waals surface area contributed by atoms with Crippen LogP contribution in [0, 0.1) is 5.92 Å². The summed E-state index contributed by atoms with van der Waals surface area (Å²) >= 11 is 1.06. The molecule has 6 heteroatoms. The Balaban J connectivity index is 2.88. The highest BCUT2D eigenvalue weighted by molar-refractivity contribution is 7.93. The maximum atomic E-state index is 11.4. The van der Waals surface area contributed by atoms with Gasteiger partial charge in [0.25, 0.3) is 0 Å². The molecular formula is C6H10N2O2S2. The average molecular weight is 206 g/mol. The van der Waals surface area contributed by atoms with E-state index in [1.807, 2.05) is 13.8 Å². The van der Waals surface area contributed by atoms with E-state index in [1.165, 1.54) is 5.51 Å². The predicted octanol–water partition coefficient (Wildman–Crippen LogP) is 0.968. The average Bonchev–Trinajstić information content (AvgIpc) is 2.32. The van der Waals surface area contributed by atoms with Crippen LogP contribution in [0.4, 0.5) is 0 Å². The van der Waals surface area contributed by atoms with Crippen LogP contribution in [0.1, 0.15) is 13.8 Å². The van der Waals surface area contributed by atoms with Gasteiger partial charge in [0.2, 0.25) is 14.2 Å². The molecule has 0 fully saturated rings. The quantitative estimate of drug-likeness (QED) is 0.739. The van der Waals surface area contributed by atoms with Crippen molar-refractivity contribution in [3.63, 3.8) is 0 Å². The summed E-state index contributed by atoms with van der Waals surface area (Å²) in [4.78, 5) is 0. The summed E-state index contributed by atoms with van der Waals surface area (Å²) in [6.45, 7) is 3.72. The zero-order valence-corrected chi connectivity index (χ0v) is 8.52. The first-order valence-corrected chi connectivity index (χ1v) is 6.04. The standard InChI is InChI=1S/C6H10N2O2S2/c1-5(2)3-12(9,10)6-8-7-4-11-6/h4-5H,3H2,1-2H3. The van der Waals surface area contributed by atoms with Gasteiger partial charge >= 0.3 is 0 Å². The Hall–Kier alpha value is -0.490. The molecule has 1 heterocycles. The summed E-state index contributed by atoms with van der Waals surface area (Å²) < 4.78 is 22.9. The number of sulfone groups is 1. The summed E-state index contributed by atoms with van der Waals surface area (Å²) in [5.41, 5.74) is 1.42. The van der Waals surface area contributed by atoms with Crippen molar-refractivity contribution in [3.8, 4) is 0 Å². The third-order valence-corrected chi connectivity index (χ3v) is 4.41. The summed E-state index contributed by atoms with van der Waals surface area (Å²) in [5.74, 6) is 0.265. The Kier molecular flexibility index (Phi) is 2.79. The van der Waals surface area contributed by atoms with E-state index in [9.17, 15) is 8.42 Å². The fraction of sp³-hybridized carbons (Fsp3) is 0.667. The van der Waals surface area contributed by atoms with Crippen LogP contribution in [0.5, 0.6) is 0 Å². The molecule has 0 aliphatic carbocycles. The Morgan fingerprint density at radius 2 is 2.25 bits per heavy atom. The van der Waals surface area contributed by atoms with Gasteiger partial charge in [-0.2, -0.15) is 0 Å². The van der Waals surface area contributed by atoms with Crippen molar-refractivity contribution in [1.82, 2.24) is 10.2 Å². The van der Waals surface area contributed by atoms with Crippen molar-refractivity contribution in [2.24, 2.45) is 5.92 Å². The van der Waals surface area contributed by atoms with Gasteiger partial charge < -0.3 is 0 Å². The molecule has 0 saturated carbocycles. The number of rotatable bonds is 3. The fourth-order valence-electron chi connectivity index (χ4n) is 0.809. The molecule has 0 aliphatic heterocycles. The van der Waals surface area contributed by atoms with Gasteiger partial charge in [0.15, 0.2) is 0 Å². The molecule has 0 amide bonds. The van der Waals surface area contributed by atoms with Crippen molar-refractivity contribution < 1.29 is 8.42 Å². The van der Waals surface area contributed by atoms with Gasteiger partial charge in [-0.05, 0) is 5.92 Å². The smallest absolute Gasteiger partial charge is 0.221 e. The van der Waals surface area contributed by atoms with Crippen LogP contribution in [0.25, 0.3) is 0 Å². The Morgan fingerprint density at radius 1 is 1.58 bits per heavy atom. The van der Waals surface area contributed by atoms with Gasteiger partial charge in [-0.1, -0.05) is 25.2 Å². The summed E-state index contributed by atoms with van der Waals surface area (Å²) in [5, 5.41) is 7.01. The minimum absolute atomic E-state index is 0.121. The molecule has 0 unspecified atom stereocenters. The van der Waals surface area contributed by atoms with Crippen molar-refractivity contribution in [2.45, 2.75) is 18.2 Å². The molecule has 12 heavy (non-hydrogen) atoms. The van der Waals surface area contributed by atoms with E-state index >= 15 is 0 Å². The normalized spacial score (nSPS) is 12.2. The van der Waals surface area contributed by atoms with E-state index in [1.54, 1.807) is 0 Å². The van der Waals surface area contributed by atoms with Gasteiger partial charge in [0.1, 0.15) is 5.51 Å². The molecule has 0 saturated heterocycles. The molecule has 0 spiro atoms.